The Morgan fingerprint density at radius 1 is 1.19 bits per heavy atom. The first-order valence-corrected chi connectivity index (χ1v) is 10.3. The van der Waals surface area contributed by atoms with Crippen molar-refractivity contribution in [3.63, 3.8) is 0 Å². The summed E-state index contributed by atoms with van der Waals surface area (Å²) in [4.78, 5) is 26.5. The van der Waals surface area contributed by atoms with Crippen LogP contribution in [0.4, 0.5) is 11.6 Å². The van der Waals surface area contributed by atoms with Crippen LogP contribution in [0.2, 0.25) is 0 Å². The number of imidazole rings is 1. The number of halogens is 2. The minimum atomic E-state index is -0.230. The summed E-state index contributed by atoms with van der Waals surface area (Å²) in [5.41, 5.74) is 1.63. The Kier molecular flexibility index (Phi) is 9.77. The largest absolute Gasteiger partial charge is 0.380 e. The Labute approximate surface area is 194 Å². The van der Waals surface area contributed by atoms with Crippen molar-refractivity contribution in [2.24, 2.45) is 0 Å². The van der Waals surface area contributed by atoms with E-state index in [0.29, 0.717) is 23.2 Å². The van der Waals surface area contributed by atoms with Crippen molar-refractivity contribution in [3.05, 3.63) is 47.0 Å². The van der Waals surface area contributed by atoms with Crippen LogP contribution in [0, 0.1) is 0 Å². The Hall–Kier alpha value is -2.13. The highest BCUT2D eigenvalue weighted by Gasteiger charge is 2.18. The van der Waals surface area contributed by atoms with E-state index < -0.39 is 0 Å². The number of para-hydroxylation sites is 1. The molecule has 31 heavy (non-hydrogen) atoms. The number of aromatic nitrogens is 4. The lowest BCUT2D eigenvalue weighted by molar-refractivity contribution is 0.0308. The van der Waals surface area contributed by atoms with E-state index in [9.17, 15) is 4.79 Å². The van der Waals surface area contributed by atoms with E-state index in [1.165, 1.54) is 6.42 Å². The number of benzene rings is 1. The third-order valence-corrected chi connectivity index (χ3v) is 5.43. The number of methoxy groups -OCH3 is 1. The number of hydrogen-bond acceptors (Lipinski definition) is 6. The smallest absolute Gasteiger partial charge is 0.280 e. The molecule has 10 heteroatoms. The second-order valence-corrected chi connectivity index (χ2v) is 7.52. The maximum absolute atomic E-state index is 12.4. The molecule has 3 aromatic rings. The predicted molar refractivity (Wildman–Crippen MR) is 128 cm³/mol. The maximum Gasteiger partial charge on any atom is 0.280 e. The Balaban J connectivity index is 0.00000171. The van der Waals surface area contributed by atoms with E-state index in [1.54, 1.807) is 13.4 Å². The van der Waals surface area contributed by atoms with Crippen molar-refractivity contribution in [2.75, 3.05) is 32.1 Å². The van der Waals surface area contributed by atoms with E-state index >= 15 is 0 Å². The second-order valence-electron chi connectivity index (χ2n) is 7.52. The molecule has 4 rings (SSSR count). The predicted octanol–water partition coefficient (Wildman–Crippen LogP) is 3.60. The standard InChI is InChI=1S/C21H28N6O2.2ClH/c1-29-17-10-7-12-26(14-17)11-5-6-13-27-15-22-18-19(27)24-21(25-20(18)28)23-16-8-3-2-4-9-16;;/h2-4,8-9,15,17H,5-7,10-14H2,1H3,(H2,23,24,25,28);2*1H. The number of H-pyrrole nitrogens is 1. The molecule has 1 fully saturated rings. The van der Waals surface area contributed by atoms with Crippen LogP contribution in [-0.4, -0.2) is 57.3 Å². The fourth-order valence-corrected chi connectivity index (χ4v) is 3.86. The SMILES string of the molecule is COC1CCCN(CCCCn2cnc3c(=O)[nH]c(Nc4ccccc4)nc32)C1.Cl.Cl. The number of piperidine rings is 1. The van der Waals surface area contributed by atoms with E-state index in [0.717, 1.165) is 51.1 Å². The van der Waals surface area contributed by atoms with Gasteiger partial charge in [-0.3, -0.25) is 9.78 Å². The number of fused-ring (bicyclic) bond motifs is 1. The fraction of sp³-hybridized carbons (Fsp3) is 0.476. The molecule has 1 saturated heterocycles. The van der Waals surface area contributed by atoms with Crippen molar-refractivity contribution in [1.29, 1.82) is 0 Å². The molecular weight excluding hydrogens is 439 g/mol. The van der Waals surface area contributed by atoms with Gasteiger partial charge in [0.2, 0.25) is 5.95 Å². The van der Waals surface area contributed by atoms with Gasteiger partial charge in [0.15, 0.2) is 11.2 Å². The number of aromatic amines is 1. The molecule has 0 spiro atoms. The number of aryl methyl sites for hydroxylation is 1. The Bertz CT molecular complexity index is 994. The average Bonchev–Trinajstić information content (AvgIpc) is 3.15. The van der Waals surface area contributed by atoms with Gasteiger partial charge in [0.25, 0.3) is 5.56 Å². The van der Waals surface area contributed by atoms with E-state index in [-0.39, 0.29) is 30.4 Å². The molecule has 2 N–H and O–H groups in total. The summed E-state index contributed by atoms with van der Waals surface area (Å²) < 4.78 is 7.47. The number of nitrogens with one attached hydrogen (secondary N) is 2. The van der Waals surface area contributed by atoms with Gasteiger partial charge in [0.1, 0.15) is 0 Å². The van der Waals surface area contributed by atoms with Crippen LogP contribution in [0.3, 0.4) is 0 Å². The zero-order chi connectivity index (χ0) is 20.1. The van der Waals surface area contributed by atoms with Crippen molar-refractivity contribution < 1.29 is 4.74 Å². The zero-order valence-corrected chi connectivity index (χ0v) is 19.3. The topological polar surface area (TPSA) is 88.1 Å². The monoisotopic (exact) mass is 468 g/mol. The quantitative estimate of drug-likeness (QED) is 0.491. The van der Waals surface area contributed by atoms with Crippen LogP contribution >= 0.6 is 24.8 Å². The molecule has 0 saturated carbocycles. The molecule has 170 valence electrons. The number of ether oxygens (including phenoxy) is 1. The highest BCUT2D eigenvalue weighted by molar-refractivity contribution is 5.85. The van der Waals surface area contributed by atoms with Gasteiger partial charge in [-0.2, -0.15) is 4.98 Å². The minimum Gasteiger partial charge on any atom is -0.380 e. The summed E-state index contributed by atoms with van der Waals surface area (Å²) in [6, 6.07) is 9.66. The molecule has 0 aliphatic carbocycles. The fourth-order valence-electron chi connectivity index (χ4n) is 3.86. The third-order valence-electron chi connectivity index (χ3n) is 5.43. The van der Waals surface area contributed by atoms with Gasteiger partial charge in [-0.15, -0.1) is 24.8 Å². The van der Waals surface area contributed by atoms with Crippen LogP contribution in [0.1, 0.15) is 25.7 Å². The van der Waals surface area contributed by atoms with Crippen molar-refractivity contribution in [3.8, 4) is 0 Å². The average molecular weight is 469 g/mol. The first-order chi connectivity index (χ1) is 14.2. The van der Waals surface area contributed by atoms with Gasteiger partial charge < -0.3 is 19.5 Å². The number of anilines is 2. The summed E-state index contributed by atoms with van der Waals surface area (Å²) in [5.74, 6) is 0.425. The first-order valence-electron chi connectivity index (χ1n) is 10.3. The number of unbranched alkanes of at least 4 members (excludes halogenated alkanes) is 1. The number of nitrogens with zero attached hydrogens (tertiary/aromatic N) is 4. The van der Waals surface area contributed by atoms with Gasteiger partial charge in [-0.1, -0.05) is 18.2 Å². The highest BCUT2D eigenvalue weighted by Crippen LogP contribution is 2.15. The molecule has 0 radical (unpaired) electrons. The molecule has 1 aliphatic heterocycles. The minimum absolute atomic E-state index is 0. The maximum atomic E-state index is 12.4. The van der Waals surface area contributed by atoms with Gasteiger partial charge in [-0.05, 0) is 50.9 Å². The van der Waals surface area contributed by atoms with Gasteiger partial charge in [-0.25, -0.2) is 4.98 Å². The molecule has 0 bridgehead atoms. The lowest BCUT2D eigenvalue weighted by Gasteiger charge is -2.31. The Morgan fingerprint density at radius 2 is 1.97 bits per heavy atom. The van der Waals surface area contributed by atoms with Crippen LogP contribution in [0.15, 0.2) is 41.5 Å². The molecule has 8 nitrogen and oxygen atoms in total. The van der Waals surface area contributed by atoms with Crippen LogP contribution in [0.25, 0.3) is 11.2 Å². The molecule has 0 amide bonds. The summed E-state index contributed by atoms with van der Waals surface area (Å²) in [5, 5.41) is 3.15. The first kappa shape index (κ1) is 25.1. The van der Waals surface area contributed by atoms with Crippen LogP contribution < -0.4 is 10.9 Å². The van der Waals surface area contributed by atoms with E-state index in [1.807, 2.05) is 34.9 Å². The number of likely N-dealkylation sites (tertiary alicyclic amines) is 1. The normalized spacial score (nSPS) is 16.5. The van der Waals surface area contributed by atoms with Crippen molar-refractivity contribution >= 4 is 47.6 Å². The summed E-state index contributed by atoms with van der Waals surface area (Å²) in [6.45, 7) is 4.04. The molecule has 1 aromatic carbocycles. The van der Waals surface area contributed by atoms with Crippen molar-refractivity contribution in [2.45, 2.75) is 38.3 Å². The summed E-state index contributed by atoms with van der Waals surface area (Å²) >= 11 is 0. The summed E-state index contributed by atoms with van der Waals surface area (Å²) in [6.07, 6.45) is 6.54. The van der Waals surface area contributed by atoms with Gasteiger partial charge in [0.05, 0.1) is 12.4 Å². The van der Waals surface area contributed by atoms with Gasteiger partial charge in [0, 0.05) is 25.9 Å². The number of rotatable bonds is 8. The molecule has 2 aromatic heterocycles. The molecule has 1 unspecified atom stereocenters. The Morgan fingerprint density at radius 3 is 2.74 bits per heavy atom. The van der Waals surface area contributed by atoms with Crippen molar-refractivity contribution in [1.82, 2.24) is 24.4 Å². The lowest BCUT2D eigenvalue weighted by Crippen LogP contribution is -2.39. The van der Waals surface area contributed by atoms with E-state index in [2.05, 4.69) is 25.2 Å². The lowest BCUT2D eigenvalue weighted by atomic mass is 10.1. The van der Waals surface area contributed by atoms with E-state index in [4.69, 9.17) is 4.74 Å². The summed E-state index contributed by atoms with van der Waals surface area (Å²) in [7, 11) is 1.80. The number of hydrogen-bond donors (Lipinski definition) is 2. The molecule has 3 heterocycles. The molecule has 1 atom stereocenters. The van der Waals surface area contributed by atoms with Crippen LogP contribution in [-0.2, 0) is 11.3 Å². The molecular formula is C21H30Cl2N6O2. The molecule has 1 aliphatic rings. The highest BCUT2D eigenvalue weighted by atomic mass is 35.5. The second kappa shape index (κ2) is 12.0. The van der Waals surface area contributed by atoms with Crippen LogP contribution in [0.5, 0.6) is 0 Å². The van der Waals surface area contributed by atoms with Gasteiger partial charge >= 0.3 is 0 Å². The third kappa shape index (κ3) is 6.43. The zero-order valence-electron chi connectivity index (χ0n) is 17.6.